The monoisotopic (exact) mass is 495 g/mol. The first-order valence-corrected chi connectivity index (χ1v) is 13.1. The fourth-order valence-corrected chi connectivity index (χ4v) is 5.69. The highest BCUT2D eigenvalue weighted by molar-refractivity contribution is 7.89. The second-order valence-electron chi connectivity index (χ2n) is 7.71. The fourth-order valence-electron chi connectivity index (χ4n) is 3.46. The van der Waals surface area contributed by atoms with E-state index in [0.29, 0.717) is 37.6 Å². The van der Waals surface area contributed by atoms with Crippen molar-refractivity contribution in [3.05, 3.63) is 76.0 Å². The van der Waals surface area contributed by atoms with Crippen molar-refractivity contribution < 1.29 is 17.9 Å². The van der Waals surface area contributed by atoms with Crippen LogP contribution in [0.2, 0.25) is 0 Å². The molecule has 1 saturated heterocycles. The minimum atomic E-state index is -3.66. The number of thiophene rings is 1. The molecule has 2 heterocycles. The van der Waals surface area contributed by atoms with Crippen molar-refractivity contribution in [1.29, 1.82) is 0 Å². The first-order chi connectivity index (χ1) is 16.4. The minimum Gasteiger partial charge on any atom is -0.379 e. The number of nitrogens with one attached hydrogen (secondary N) is 2. The zero-order valence-electron chi connectivity index (χ0n) is 18.7. The molecular weight excluding hydrogens is 470 g/mol. The predicted molar refractivity (Wildman–Crippen MR) is 135 cm³/mol. The Morgan fingerprint density at radius 2 is 1.88 bits per heavy atom. The van der Waals surface area contributed by atoms with Gasteiger partial charge in [0.05, 0.1) is 29.5 Å². The van der Waals surface area contributed by atoms with Crippen LogP contribution in [0.25, 0.3) is 0 Å². The smallest absolute Gasteiger partial charge is 0.243 e. The molecule has 34 heavy (non-hydrogen) atoms. The van der Waals surface area contributed by atoms with Gasteiger partial charge in [-0.05, 0) is 54.3 Å². The van der Waals surface area contributed by atoms with Gasteiger partial charge in [-0.25, -0.2) is 8.42 Å². The number of carbonyl (C=O) groups is 1. The van der Waals surface area contributed by atoms with Gasteiger partial charge in [0, 0.05) is 30.0 Å². The molecule has 2 N–H and O–H groups in total. The summed E-state index contributed by atoms with van der Waals surface area (Å²) in [5.41, 5.74) is 2.67. The van der Waals surface area contributed by atoms with E-state index >= 15 is 0 Å². The van der Waals surface area contributed by atoms with E-state index < -0.39 is 10.0 Å². The van der Waals surface area contributed by atoms with Crippen LogP contribution in [0.3, 0.4) is 0 Å². The summed E-state index contributed by atoms with van der Waals surface area (Å²) < 4.78 is 32.8. The number of benzene rings is 2. The molecule has 1 fully saturated rings. The summed E-state index contributed by atoms with van der Waals surface area (Å²) in [6, 6.07) is 16.4. The summed E-state index contributed by atoms with van der Waals surface area (Å²) in [5.74, 6) is 5.95. The number of aryl methyl sites for hydroxylation is 1. The van der Waals surface area contributed by atoms with Crippen LogP contribution in [0, 0.1) is 18.8 Å². The van der Waals surface area contributed by atoms with E-state index in [4.69, 9.17) is 4.74 Å². The Kier molecular flexibility index (Phi) is 7.65. The molecule has 9 heteroatoms. The number of nitrogens with zero attached hydrogens (tertiary/aromatic N) is 1. The Labute approximate surface area is 203 Å². The molecule has 1 aliphatic rings. The zero-order valence-corrected chi connectivity index (χ0v) is 20.3. The lowest BCUT2D eigenvalue weighted by Gasteiger charge is -2.26. The van der Waals surface area contributed by atoms with Crippen molar-refractivity contribution >= 4 is 38.6 Å². The maximum Gasteiger partial charge on any atom is 0.243 e. The molecule has 0 saturated carbocycles. The fraction of sp³-hybridized carbons (Fsp3) is 0.240. The SMILES string of the molecule is Cc1ccc(NC(=O)CNc2cccc(C#Cc3cccs3)c2)cc1S(=O)(=O)N1CCOCC1. The zero-order chi connectivity index (χ0) is 24.0. The number of hydrogen-bond acceptors (Lipinski definition) is 6. The van der Waals surface area contributed by atoms with Crippen LogP contribution in [0.5, 0.6) is 0 Å². The molecule has 0 bridgehead atoms. The second-order valence-corrected chi connectivity index (χ2v) is 10.6. The number of morpholine rings is 1. The number of sulfonamides is 1. The van der Waals surface area contributed by atoms with Gasteiger partial charge < -0.3 is 15.4 Å². The number of rotatable bonds is 6. The number of amides is 1. The van der Waals surface area contributed by atoms with Crippen LogP contribution in [-0.4, -0.2) is 51.5 Å². The van der Waals surface area contributed by atoms with Gasteiger partial charge in [0.2, 0.25) is 15.9 Å². The molecule has 176 valence electrons. The summed E-state index contributed by atoms with van der Waals surface area (Å²) >= 11 is 1.58. The molecule has 1 amide bonds. The molecule has 0 radical (unpaired) electrons. The van der Waals surface area contributed by atoms with Gasteiger partial charge in [-0.3, -0.25) is 4.79 Å². The Morgan fingerprint density at radius 1 is 1.06 bits per heavy atom. The van der Waals surface area contributed by atoms with E-state index in [1.807, 2.05) is 41.8 Å². The van der Waals surface area contributed by atoms with Crippen molar-refractivity contribution in [1.82, 2.24) is 4.31 Å². The van der Waals surface area contributed by atoms with Crippen molar-refractivity contribution in [2.24, 2.45) is 0 Å². The van der Waals surface area contributed by atoms with Crippen molar-refractivity contribution in [3.8, 4) is 11.8 Å². The minimum absolute atomic E-state index is 0.0290. The van der Waals surface area contributed by atoms with Crippen LogP contribution in [0.4, 0.5) is 11.4 Å². The summed E-state index contributed by atoms with van der Waals surface area (Å²) in [4.78, 5) is 13.7. The summed E-state index contributed by atoms with van der Waals surface area (Å²) in [5, 5.41) is 7.85. The maximum atomic E-state index is 13.1. The highest BCUT2D eigenvalue weighted by atomic mass is 32.2. The van der Waals surface area contributed by atoms with E-state index in [9.17, 15) is 13.2 Å². The summed E-state index contributed by atoms with van der Waals surface area (Å²) in [6.45, 7) is 3.16. The van der Waals surface area contributed by atoms with Crippen LogP contribution in [0.15, 0.2) is 64.9 Å². The van der Waals surface area contributed by atoms with E-state index in [1.54, 1.807) is 30.4 Å². The van der Waals surface area contributed by atoms with Crippen LogP contribution in [-0.2, 0) is 19.6 Å². The topological polar surface area (TPSA) is 87.7 Å². The largest absolute Gasteiger partial charge is 0.379 e. The maximum absolute atomic E-state index is 13.1. The molecule has 7 nitrogen and oxygen atoms in total. The van der Waals surface area contributed by atoms with Crippen LogP contribution < -0.4 is 10.6 Å². The average Bonchev–Trinajstić information content (AvgIpc) is 3.37. The molecule has 0 unspecified atom stereocenters. The lowest BCUT2D eigenvalue weighted by Crippen LogP contribution is -2.40. The van der Waals surface area contributed by atoms with Crippen LogP contribution >= 0.6 is 11.3 Å². The van der Waals surface area contributed by atoms with E-state index in [1.165, 1.54) is 10.4 Å². The van der Waals surface area contributed by atoms with Crippen molar-refractivity contribution in [2.75, 3.05) is 43.5 Å². The standard InChI is InChI=1S/C25H25N3O4S2/c1-19-7-9-22(17-24(19)34(30,31)28-11-13-32-14-12-28)27-25(29)18-26-21-5-2-4-20(16-21)8-10-23-6-3-15-33-23/h2-7,9,15-17,26H,11-14,18H2,1H3,(H,27,29). The Morgan fingerprint density at radius 3 is 2.65 bits per heavy atom. The molecule has 1 aliphatic heterocycles. The van der Waals surface area contributed by atoms with E-state index in [2.05, 4.69) is 22.5 Å². The lowest BCUT2D eigenvalue weighted by molar-refractivity contribution is -0.114. The van der Waals surface area contributed by atoms with Gasteiger partial charge in [0.15, 0.2) is 0 Å². The molecule has 2 aromatic carbocycles. The molecule has 0 aliphatic carbocycles. The summed E-state index contributed by atoms with van der Waals surface area (Å²) in [7, 11) is -3.66. The molecular formula is C25H25N3O4S2. The molecule has 1 aromatic heterocycles. The van der Waals surface area contributed by atoms with Gasteiger partial charge in [0.1, 0.15) is 0 Å². The highest BCUT2D eigenvalue weighted by Crippen LogP contribution is 2.24. The van der Waals surface area contributed by atoms with Crippen molar-refractivity contribution in [3.63, 3.8) is 0 Å². The molecule has 4 rings (SSSR count). The first-order valence-electron chi connectivity index (χ1n) is 10.8. The Bertz CT molecular complexity index is 1320. The first kappa shape index (κ1) is 24.0. The van der Waals surface area contributed by atoms with Gasteiger partial charge in [-0.15, -0.1) is 11.3 Å². The molecule has 3 aromatic rings. The Balaban J connectivity index is 1.39. The molecule has 0 spiro atoms. The van der Waals surface area contributed by atoms with Crippen molar-refractivity contribution in [2.45, 2.75) is 11.8 Å². The average molecular weight is 496 g/mol. The highest BCUT2D eigenvalue weighted by Gasteiger charge is 2.28. The number of ether oxygens (including phenoxy) is 1. The normalized spacial score (nSPS) is 14.1. The van der Waals surface area contributed by atoms with Gasteiger partial charge in [0.25, 0.3) is 0 Å². The Hall–Kier alpha value is -3.16. The predicted octanol–water partition coefficient (Wildman–Crippen LogP) is 3.53. The van der Waals surface area contributed by atoms with Gasteiger partial charge in [-0.2, -0.15) is 4.31 Å². The van der Waals surface area contributed by atoms with E-state index in [0.717, 1.165) is 16.1 Å². The number of hydrogen-bond donors (Lipinski definition) is 2. The third-order valence-electron chi connectivity index (χ3n) is 5.23. The third-order valence-corrected chi connectivity index (χ3v) is 8.05. The quantitative estimate of drug-likeness (QED) is 0.511. The number of anilines is 2. The van der Waals surface area contributed by atoms with Gasteiger partial charge >= 0.3 is 0 Å². The van der Waals surface area contributed by atoms with E-state index in [-0.39, 0.29) is 17.3 Å². The summed E-state index contributed by atoms with van der Waals surface area (Å²) in [6.07, 6.45) is 0. The second kappa shape index (κ2) is 10.8. The lowest BCUT2D eigenvalue weighted by atomic mass is 10.2. The van der Waals surface area contributed by atoms with Gasteiger partial charge in [-0.1, -0.05) is 30.0 Å². The van der Waals surface area contributed by atoms with Crippen LogP contribution in [0.1, 0.15) is 16.0 Å². The molecule has 0 atom stereocenters. The number of carbonyl (C=O) groups excluding carboxylic acids is 1. The third kappa shape index (κ3) is 6.04.